The minimum atomic E-state index is -0.916. The van der Waals surface area contributed by atoms with Crippen LogP contribution in [0.2, 0.25) is 0 Å². The summed E-state index contributed by atoms with van der Waals surface area (Å²) in [6, 6.07) is 0. The fraction of sp³-hybridized carbons (Fsp3) is 0.556. The van der Waals surface area contributed by atoms with Crippen molar-refractivity contribution in [1.29, 1.82) is 0 Å². The zero-order valence-corrected chi connectivity index (χ0v) is 22.5. The molecular weight excluding hydrogens is 516 g/mol. The molecule has 210 valence electrons. The van der Waals surface area contributed by atoms with Gasteiger partial charge in [-0.3, -0.25) is 28.8 Å². The van der Waals surface area contributed by atoms with Crippen molar-refractivity contribution in [1.82, 2.24) is 0 Å². The summed E-state index contributed by atoms with van der Waals surface area (Å²) in [7, 11) is 0. The van der Waals surface area contributed by atoms with Gasteiger partial charge in [-0.2, -0.15) is 0 Å². The first-order valence-electron chi connectivity index (χ1n) is 12.5. The molecule has 0 saturated heterocycles. The van der Waals surface area contributed by atoms with Crippen LogP contribution in [0.4, 0.5) is 0 Å². The van der Waals surface area contributed by atoms with Crippen molar-refractivity contribution in [2.24, 2.45) is 0 Å². The van der Waals surface area contributed by atoms with Crippen molar-refractivity contribution < 1.29 is 57.2 Å². The van der Waals surface area contributed by atoms with Crippen molar-refractivity contribution in [3.05, 3.63) is 33.4 Å². The number of rotatable bonds is 6. The van der Waals surface area contributed by atoms with Gasteiger partial charge in [-0.25, -0.2) is 0 Å². The maximum atomic E-state index is 12.1. The lowest BCUT2D eigenvalue weighted by Gasteiger charge is -2.25. The third-order valence-corrected chi connectivity index (χ3v) is 6.81. The fourth-order valence-electron chi connectivity index (χ4n) is 6.09. The molecule has 1 aromatic rings. The number of fused-ring (bicyclic) bond motifs is 6. The minimum Gasteiger partial charge on any atom is -0.457 e. The van der Waals surface area contributed by atoms with Crippen LogP contribution < -0.4 is 0 Å². The van der Waals surface area contributed by atoms with Gasteiger partial charge >= 0.3 is 35.8 Å². The van der Waals surface area contributed by atoms with Crippen LogP contribution in [0.3, 0.4) is 0 Å². The third-order valence-electron chi connectivity index (χ3n) is 6.81. The Labute approximate surface area is 224 Å². The van der Waals surface area contributed by atoms with Gasteiger partial charge < -0.3 is 28.4 Å². The highest BCUT2D eigenvalue weighted by Crippen LogP contribution is 2.61. The summed E-state index contributed by atoms with van der Waals surface area (Å²) in [5, 5.41) is 0. The highest BCUT2D eigenvalue weighted by molar-refractivity contribution is 5.74. The molecule has 0 aliphatic heterocycles. The van der Waals surface area contributed by atoms with Crippen molar-refractivity contribution in [2.75, 3.05) is 0 Å². The molecule has 3 aliphatic rings. The molecule has 6 atom stereocenters. The van der Waals surface area contributed by atoms with Crippen LogP contribution in [-0.4, -0.2) is 35.8 Å². The van der Waals surface area contributed by atoms with Gasteiger partial charge in [0.05, 0.1) is 0 Å². The predicted octanol–water partition coefficient (Wildman–Crippen LogP) is 3.52. The van der Waals surface area contributed by atoms with Gasteiger partial charge in [0, 0.05) is 94.2 Å². The SMILES string of the molecule is CC(=O)OC1CC(OC(C)=O)c2c1c1c(c3c2C(OC(C)=O)CC3OC(C)=O)C(OC(C)=O)CC1OC(C)=O. The highest BCUT2D eigenvalue weighted by Gasteiger charge is 2.53. The molecule has 0 spiro atoms. The molecular formula is C27H30O12. The van der Waals surface area contributed by atoms with E-state index in [-0.39, 0.29) is 19.3 Å². The molecule has 1 aromatic carbocycles. The summed E-state index contributed by atoms with van der Waals surface area (Å²) >= 11 is 0. The van der Waals surface area contributed by atoms with E-state index in [1.54, 1.807) is 0 Å². The zero-order valence-electron chi connectivity index (χ0n) is 22.5. The van der Waals surface area contributed by atoms with Crippen LogP contribution in [0.15, 0.2) is 0 Å². The topological polar surface area (TPSA) is 158 Å². The molecule has 12 nitrogen and oxygen atoms in total. The number of hydrogen-bond acceptors (Lipinski definition) is 12. The molecule has 0 bridgehead atoms. The van der Waals surface area contributed by atoms with Crippen LogP contribution in [-0.2, 0) is 57.2 Å². The van der Waals surface area contributed by atoms with E-state index in [4.69, 9.17) is 28.4 Å². The fourth-order valence-corrected chi connectivity index (χ4v) is 6.09. The van der Waals surface area contributed by atoms with Crippen molar-refractivity contribution in [2.45, 2.75) is 97.4 Å². The lowest BCUT2D eigenvalue weighted by molar-refractivity contribution is -0.154. The van der Waals surface area contributed by atoms with Crippen LogP contribution in [0, 0.1) is 0 Å². The molecule has 6 unspecified atom stereocenters. The molecule has 0 heterocycles. The molecule has 0 amide bonds. The molecule has 0 radical (unpaired) electrons. The normalized spacial score (nSPS) is 26.0. The van der Waals surface area contributed by atoms with Crippen LogP contribution in [0.1, 0.15) is 131 Å². The average Bonchev–Trinajstić information content (AvgIpc) is 3.38. The van der Waals surface area contributed by atoms with Gasteiger partial charge in [-0.15, -0.1) is 0 Å². The highest BCUT2D eigenvalue weighted by atomic mass is 16.6. The van der Waals surface area contributed by atoms with Gasteiger partial charge in [0.2, 0.25) is 0 Å². The van der Waals surface area contributed by atoms with E-state index in [1.165, 1.54) is 41.5 Å². The molecule has 4 rings (SSSR count). The summed E-state index contributed by atoms with van der Waals surface area (Å²) in [4.78, 5) is 72.7. The number of carbonyl (C=O) groups is 6. The average molecular weight is 547 g/mol. The summed E-state index contributed by atoms with van der Waals surface area (Å²) in [5.41, 5.74) is 2.54. The number of esters is 6. The summed E-state index contributed by atoms with van der Waals surface area (Å²) in [5.74, 6) is -3.60. The Morgan fingerprint density at radius 2 is 0.487 bits per heavy atom. The third kappa shape index (κ3) is 5.45. The van der Waals surface area contributed by atoms with Gasteiger partial charge in [-0.1, -0.05) is 0 Å². The van der Waals surface area contributed by atoms with E-state index in [1.807, 2.05) is 0 Å². The molecule has 39 heavy (non-hydrogen) atoms. The quantitative estimate of drug-likeness (QED) is 0.378. The van der Waals surface area contributed by atoms with Crippen LogP contribution in [0.5, 0.6) is 0 Å². The van der Waals surface area contributed by atoms with Crippen molar-refractivity contribution in [3.8, 4) is 0 Å². The van der Waals surface area contributed by atoms with Crippen LogP contribution in [0.25, 0.3) is 0 Å². The molecule has 0 aromatic heterocycles. The maximum absolute atomic E-state index is 12.1. The Balaban J connectivity index is 2.11. The van der Waals surface area contributed by atoms with Gasteiger partial charge in [0.15, 0.2) is 0 Å². The molecule has 12 heteroatoms. The zero-order chi connectivity index (χ0) is 28.8. The summed E-state index contributed by atoms with van der Waals surface area (Å²) in [6.45, 7) is 7.39. The Bertz CT molecular complexity index is 999. The van der Waals surface area contributed by atoms with E-state index >= 15 is 0 Å². The first-order valence-corrected chi connectivity index (χ1v) is 12.5. The summed E-state index contributed by atoms with van der Waals surface area (Å²) in [6.07, 6.45) is -5.35. The molecule has 0 fully saturated rings. The molecule has 3 aliphatic carbocycles. The second-order valence-corrected chi connectivity index (χ2v) is 9.78. The van der Waals surface area contributed by atoms with E-state index in [2.05, 4.69) is 0 Å². The second kappa shape index (κ2) is 10.7. The van der Waals surface area contributed by atoms with Gasteiger partial charge in [0.25, 0.3) is 0 Å². The predicted molar refractivity (Wildman–Crippen MR) is 127 cm³/mol. The van der Waals surface area contributed by atoms with Gasteiger partial charge in [0.1, 0.15) is 36.6 Å². The maximum Gasteiger partial charge on any atom is 0.303 e. The molecule has 0 N–H and O–H groups in total. The number of carbonyl (C=O) groups excluding carboxylic acids is 6. The smallest absolute Gasteiger partial charge is 0.303 e. The number of hydrogen-bond donors (Lipinski definition) is 0. The van der Waals surface area contributed by atoms with E-state index < -0.39 is 72.4 Å². The van der Waals surface area contributed by atoms with E-state index in [0.29, 0.717) is 33.4 Å². The number of ether oxygens (including phenoxy) is 6. The first kappa shape index (κ1) is 28.1. The Hall–Kier alpha value is -3.96. The number of benzene rings is 1. The standard InChI is InChI=1S/C27H30O12/c1-10(28)34-16-7-17(35-11(2)29)23-22(16)24-18(36-12(3)30)8-19(37-13(4)31)26(24)27-21(39-15(6)33)9-20(25(23)27)38-14(5)32/h16-21H,7-9H2,1-6H3. The Morgan fingerprint density at radius 3 is 0.590 bits per heavy atom. The van der Waals surface area contributed by atoms with E-state index in [0.717, 1.165) is 0 Å². The lowest BCUT2D eigenvalue weighted by atomic mass is 9.87. The van der Waals surface area contributed by atoms with Crippen molar-refractivity contribution >= 4 is 35.8 Å². The first-order chi connectivity index (χ1) is 18.3. The van der Waals surface area contributed by atoms with Crippen LogP contribution >= 0.6 is 0 Å². The Morgan fingerprint density at radius 1 is 0.359 bits per heavy atom. The lowest BCUT2D eigenvalue weighted by Crippen LogP contribution is -2.16. The second-order valence-electron chi connectivity index (χ2n) is 9.78. The van der Waals surface area contributed by atoms with E-state index in [9.17, 15) is 28.8 Å². The van der Waals surface area contributed by atoms with Crippen molar-refractivity contribution in [3.63, 3.8) is 0 Å². The Kier molecular flexibility index (Phi) is 7.67. The minimum absolute atomic E-state index is 0.0490. The summed E-state index contributed by atoms with van der Waals surface area (Å²) < 4.78 is 33.8. The van der Waals surface area contributed by atoms with Gasteiger partial charge in [-0.05, 0) is 0 Å². The largest absolute Gasteiger partial charge is 0.457 e. The molecule has 0 saturated carbocycles. The monoisotopic (exact) mass is 546 g/mol.